The van der Waals surface area contributed by atoms with Crippen molar-refractivity contribution in [3.05, 3.63) is 34.5 Å². The van der Waals surface area contributed by atoms with Crippen molar-refractivity contribution >= 4 is 23.2 Å². The fourth-order valence-corrected chi connectivity index (χ4v) is 2.01. The lowest BCUT2D eigenvalue weighted by Gasteiger charge is -2.11. The standard InChI is InChI=1S/C17H22ClN3O3/c1-4-24-7-5-6-20-17(22)13(10-19)11-21-15-8-12(2)14(18)9-16(15)23-3/h8-9,11,21H,4-7H2,1-3H3,(H,20,22)/b13-11-. The van der Waals surface area contributed by atoms with Crippen LogP contribution in [0.4, 0.5) is 5.69 Å². The first-order valence-corrected chi connectivity index (χ1v) is 7.98. The zero-order chi connectivity index (χ0) is 17.9. The van der Waals surface area contributed by atoms with Crippen LogP contribution in [-0.4, -0.2) is 32.8 Å². The summed E-state index contributed by atoms with van der Waals surface area (Å²) in [4.78, 5) is 12.0. The highest BCUT2D eigenvalue weighted by molar-refractivity contribution is 6.31. The average molecular weight is 352 g/mol. The molecular weight excluding hydrogens is 330 g/mol. The molecule has 0 radical (unpaired) electrons. The second-order valence-electron chi connectivity index (χ2n) is 4.92. The third kappa shape index (κ3) is 6.11. The molecule has 130 valence electrons. The summed E-state index contributed by atoms with van der Waals surface area (Å²) in [6.07, 6.45) is 2.04. The number of ether oxygens (including phenoxy) is 2. The van der Waals surface area contributed by atoms with Crippen LogP contribution in [-0.2, 0) is 9.53 Å². The SMILES string of the molecule is CCOCCCNC(=O)/C(C#N)=C\Nc1cc(C)c(Cl)cc1OC. The molecule has 0 atom stereocenters. The van der Waals surface area contributed by atoms with E-state index >= 15 is 0 Å². The minimum Gasteiger partial charge on any atom is -0.495 e. The van der Waals surface area contributed by atoms with Crippen molar-refractivity contribution in [2.45, 2.75) is 20.3 Å². The van der Waals surface area contributed by atoms with E-state index in [9.17, 15) is 4.79 Å². The molecule has 0 saturated carbocycles. The van der Waals surface area contributed by atoms with Gasteiger partial charge in [-0.2, -0.15) is 5.26 Å². The lowest BCUT2D eigenvalue weighted by atomic mass is 10.2. The number of nitriles is 1. The number of aryl methyl sites for hydroxylation is 1. The van der Waals surface area contributed by atoms with Crippen molar-refractivity contribution in [3.8, 4) is 11.8 Å². The van der Waals surface area contributed by atoms with Crippen LogP contribution in [0.15, 0.2) is 23.9 Å². The number of hydrogen-bond acceptors (Lipinski definition) is 5. The van der Waals surface area contributed by atoms with E-state index in [1.165, 1.54) is 13.3 Å². The fraction of sp³-hybridized carbons (Fsp3) is 0.412. The van der Waals surface area contributed by atoms with Gasteiger partial charge in [0.1, 0.15) is 17.4 Å². The summed E-state index contributed by atoms with van der Waals surface area (Å²) < 4.78 is 10.4. The van der Waals surface area contributed by atoms with Crippen LogP contribution >= 0.6 is 11.6 Å². The zero-order valence-electron chi connectivity index (χ0n) is 14.1. The van der Waals surface area contributed by atoms with Crippen molar-refractivity contribution in [1.29, 1.82) is 5.26 Å². The lowest BCUT2D eigenvalue weighted by Crippen LogP contribution is -2.26. The van der Waals surface area contributed by atoms with E-state index in [1.54, 1.807) is 12.1 Å². The highest BCUT2D eigenvalue weighted by Gasteiger charge is 2.10. The van der Waals surface area contributed by atoms with Crippen molar-refractivity contribution in [2.75, 3.05) is 32.2 Å². The highest BCUT2D eigenvalue weighted by atomic mass is 35.5. The molecule has 1 amide bonds. The molecule has 1 aromatic rings. The van der Waals surface area contributed by atoms with Crippen molar-refractivity contribution in [2.24, 2.45) is 0 Å². The maximum atomic E-state index is 12.0. The van der Waals surface area contributed by atoms with Gasteiger partial charge in [-0.3, -0.25) is 4.79 Å². The molecule has 0 spiro atoms. The fourth-order valence-electron chi connectivity index (χ4n) is 1.86. The molecule has 0 fully saturated rings. The van der Waals surface area contributed by atoms with Gasteiger partial charge < -0.3 is 20.1 Å². The number of anilines is 1. The van der Waals surface area contributed by atoms with Gasteiger partial charge in [-0.05, 0) is 31.9 Å². The molecule has 24 heavy (non-hydrogen) atoms. The highest BCUT2D eigenvalue weighted by Crippen LogP contribution is 2.31. The number of amides is 1. The lowest BCUT2D eigenvalue weighted by molar-refractivity contribution is -0.117. The first-order valence-electron chi connectivity index (χ1n) is 7.60. The molecule has 0 aliphatic rings. The van der Waals surface area contributed by atoms with Gasteiger partial charge in [0, 0.05) is 37.0 Å². The first-order chi connectivity index (χ1) is 11.5. The van der Waals surface area contributed by atoms with Crippen LogP contribution in [0.2, 0.25) is 5.02 Å². The quantitative estimate of drug-likeness (QED) is 0.406. The number of nitrogens with zero attached hydrogens (tertiary/aromatic N) is 1. The van der Waals surface area contributed by atoms with E-state index in [-0.39, 0.29) is 5.57 Å². The maximum absolute atomic E-state index is 12.0. The van der Waals surface area contributed by atoms with E-state index in [2.05, 4.69) is 10.6 Å². The number of halogens is 1. The van der Waals surface area contributed by atoms with Crippen molar-refractivity contribution in [1.82, 2.24) is 5.32 Å². The topological polar surface area (TPSA) is 83.4 Å². The Kier molecular flexibility index (Phi) is 8.69. The molecule has 6 nitrogen and oxygen atoms in total. The second kappa shape index (κ2) is 10.5. The van der Waals surface area contributed by atoms with Gasteiger partial charge in [0.2, 0.25) is 0 Å². The summed E-state index contributed by atoms with van der Waals surface area (Å²) in [5.74, 6) is 0.0856. The van der Waals surface area contributed by atoms with Crippen LogP contribution in [0.3, 0.4) is 0 Å². The van der Waals surface area contributed by atoms with E-state index in [1.807, 2.05) is 19.9 Å². The van der Waals surface area contributed by atoms with Gasteiger partial charge in [-0.15, -0.1) is 0 Å². The number of methoxy groups -OCH3 is 1. The number of hydrogen-bond donors (Lipinski definition) is 2. The van der Waals surface area contributed by atoms with Crippen LogP contribution < -0.4 is 15.4 Å². The molecule has 0 aliphatic heterocycles. The molecule has 0 aromatic heterocycles. The molecule has 0 bridgehead atoms. The molecule has 7 heteroatoms. The molecule has 0 aliphatic carbocycles. The zero-order valence-corrected chi connectivity index (χ0v) is 14.9. The summed E-state index contributed by atoms with van der Waals surface area (Å²) >= 11 is 6.05. The number of benzene rings is 1. The number of carbonyl (C=O) groups excluding carboxylic acids is 1. The Morgan fingerprint density at radius 3 is 2.83 bits per heavy atom. The van der Waals surface area contributed by atoms with Crippen molar-refractivity contribution in [3.63, 3.8) is 0 Å². The Labute approximate surface area is 147 Å². The Bertz CT molecular complexity index is 639. The number of nitrogens with one attached hydrogen (secondary N) is 2. The number of rotatable bonds is 9. The van der Waals surface area contributed by atoms with Crippen LogP contribution in [0.5, 0.6) is 5.75 Å². The third-order valence-corrected chi connectivity index (χ3v) is 3.58. The summed E-state index contributed by atoms with van der Waals surface area (Å²) in [5, 5.41) is 15.3. The Balaban J connectivity index is 2.71. The molecule has 1 rings (SSSR count). The van der Waals surface area contributed by atoms with E-state index in [4.69, 9.17) is 26.3 Å². The summed E-state index contributed by atoms with van der Waals surface area (Å²) in [5.41, 5.74) is 1.45. The monoisotopic (exact) mass is 351 g/mol. The summed E-state index contributed by atoms with van der Waals surface area (Å²) in [7, 11) is 1.52. The molecular formula is C17H22ClN3O3. The average Bonchev–Trinajstić information content (AvgIpc) is 2.57. The van der Waals surface area contributed by atoms with Gasteiger partial charge in [-0.25, -0.2) is 0 Å². The largest absolute Gasteiger partial charge is 0.495 e. The Morgan fingerprint density at radius 2 is 2.21 bits per heavy atom. The molecule has 0 saturated heterocycles. The molecule has 0 unspecified atom stereocenters. The van der Waals surface area contributed by atoms with Gasteiger partial charge in [0.05, 0.1) is 12.8 Å². The Hall–Kier alpha value is -2.23. The normalized spacial score (nSPS) is 10.9. The smallest absolute Gasteiger partial charge is 0.263 e. The first kappa shape index (κ1) is 19.8. The van der Waals surface area contributed by atoms with Crippen LogP contribution in [0.1, 0.15) is 18.9 Å². The second-order valence-corrected chi connectivity index (χ2v) is 5.33. The minimum absolute atomic E-state index is 0.0268. The maximum Gasteiger partial charge on any atom is 0.263 e. The molecule has 2 N–H and O–H groups in total. The van der Waals surface area contributed by atoms with E-state index < -0.39 is 5.91 Å². The Morgan fingerprint density at radius 1 is 1.46 bits per heavy atom. The van der Waals surface area contributed by atoms with Crippen LogP contribution in [0.25, 0.3) is 0 Å². The van der Waals surface area contributed by atoms with Crippen LogP contribution in [0, 0.1) is 18.3 Å². The van der Waals surface area contributed by atoms with Crippen molar-refractivity contribution < 1.29 is 14.3 Å². The molecule has 0 heterocycles. The van der Waals surface area contributed by atoms with Gasteiger partial charge >= 0.3 is 0 Å². The molecule has 1 aromatic carbocycles. The summed E-state index contributed by atoms with van der Waals surface area (Å²) in [6, 6.07) is 5.33. The number of carbonyl (C=O) groups is 1. The third-order valence-electron chi connectivity index (χ3n) is 3.17. The predicted octanol–water partition coefficient (Wildman–Crippen LogP) is 3.02. The van der Waals surface area contributed by atoms with Gasteiger partial charge in [-0.1, -0.05) is 11.6 Å². The summed E-state index contributed by atoms with van der Waals surface area (Å²) in [6.45, 7) is 5.42. The predicted molar refractivity (Wildman–Crippen MR) is 94.2 cm³/mol. The minimum atomic E-state index is -0.439. The van der Waals surface area contributed by atoms with E-state index in [0.717, 1.165) is 5.56 Å². The van der Waals surface area contributed by atoms with Gasteiger partial charge in [0.15, 0.2) is 0 Å². The van der Waals surface area contributed by atoms with Gasteiger partial charge in [0.25, 0.3) is 5.91 Å². The van der Waals surface area contributed by atoms with E-state index in [0.29, 0.717) is 42.6 Å².